The van der Waals surface area contributed by atoms with E-state index in [2.05, 4.69) is 5.32 Å². The zero-order valence-corrected chi connectivity index (χ0v) is 11.1. The van der Waals surface area contributed by atoms with Crippen LogP contribution in [0.15, 0.2) is 0 Å². The lowest BCUT2D eigenvalue weighted by Gasteiger charge is -2.31. The van der Waals surface area contributed by atoms with Crippen molar-refractivity contribution in [1.29, 1.82) is 0 Å². The van der Waals surface area contributed by atoms with Gasteiger partial charge < -0.3 is 10.2 Å². The Labute approximate surface area is 110 Å². The molecule has 1 N–H and O–H groups in total. The second-order valence-electron chi connectivity index (χ2n) is 4.99. The van der Waals surface area contributed by atoms with Crippen molar-refractivity contribution in [3.8, 4) is 0 Å². The maximum Gasteiger partial charge on any atom is 0.389 e. The van der Waals surface area contributed by atoms with E-state index in [1.165, 1.54) is 4.90 Å². The highest BCUT2D eigenvalue weighted by Gasteiger charge is 2.39. The van der Waals surface area contributed by atoms with Crippen LogP contribution in [0.25, 0.3) is 0 Å². The Morgan fingerprint density at radius 2 is 2.00 bits per heavy atom. The molecular weight excluding hydrogens is 261 g/mol. The zero-order chi connectivity index (χ0) is 14.7. The van der Waals surface area contributed by atoms with Gasteiger partial charge in [-0.25, -0.2) is 0 Å². The Morgan fingerprint density at radius 1 is 1.37 bits per heavy atom. The van der Waals surface area contributed by atoms with E-state index in [0.29, 0.717) is 6.42 Å². The number of rotatable bonds is 4. The first kappa shape index (κ1) is 15.8. The molecule has 1 unspecified atom stereocenters. The lowest BCUT2D eigenvalue weighted by Crippen LogP contribution is -2.54. The molecule has 2 amide bonds. The molecule has 1 aliphatic rings. The molecule has 1 atom stereocenters. The maximum atomic E-state index is 12.2. The molecule has 1 rings (SSSR count). The molecular formula is C12H19F3N2O2. The Kier molecular flexibility index (Phi) is 4.81. The van der Waals surface area contributed by atoms with Crippen molar-refractivity contribution in [3.63, 3.8) is 0 Å². The van der Waals surface area contributed by atoms with Gasteiger partial charge in [0.2, 0.25) is 11.8 Å². The topological polar surface area (TPSA) is 49.4 Å². The number of carbonyl (C=O) groups excluding carboxylic acids is 2. The van der Waals surface area contributed by atoms with E-state index in [0.717, 1.165) is 0 Å². The van der Waals surface area contributed by atoms with Gasteiger partial charge in [-0.2, -0.15) is 13.2 Å². The highest BCUT2D eigenvalue weighted by atomic mass is 19.4. The zero-order valence-electron chi connectivity index (χ0n) is 11.1. The molecule has 0 aliphatic carbocycles. The number of nitrogens with one attached hydrogen (secondary N) is 1. The molecule has 0 saturated carbocycles. The number of alkyl halides is 3. The molecule has 0 spiro atoms. The summed E-state index contributed by atoms with van der Waals surface area (Å²) in [6.07, 6.45) is -4.72. The van der Waals surface area contributed by atoms with Crippen LogP contribution in [0, 0.1) is 0 Å². The Hall–Kier alpha value is -1.27. The first-order valence-electron chi connectivity index (χ1n) is 6.35. The third-order valence-electron chi connectivity index (χ3n) is 3.38. The monoisotopic (exact) mass is 280 g/mol. The summed E-state index contributed by atoms with van der Waals surface area (Å²) < 4.78 is 36.3. The van der Waals surface area contributed by atoms with Crippen molar-refractivity contribution in [2.24, 2.45) is 0 Å². The highest BCUT2D eigenvalue weighted by Crippen LogP contribution is 2.23. The minimum Gasteiger partial charge on any atom is -0.342 e. The minimum atomic E-state index is -4.21. The third kappa shape index (κ3) is 4.40. The summed E-state index contributed by atoms with van der Waals surface area (Å²) in [5.41, 5.74) is -1.01. The van der Waals surface area contributed by atoms with E-state index >= 15 is 0 Å². The highest BCUT2D eigenvalue weighted by molar-refractivity contribution is 5.93. The van der Waals surface area contributed by atoms with Crippen LogP contribution in [0.4, 0.5) is 13.2 Å². The van der Waals surface area contributed by atoms with E-state index < -0.39 is 18.1 Å². The SMILES string of the molecule is CCC1(C)NC(=O)CCN(CCCC(F)(F)F)C1=O. The molecule has 1 heterocycles. The van der Waals surface area contributed by atoms with Crippen molar-refractivity contribution in [3.05, 3.63) is 0 Å². The minimum absolute atomic E-state index is 0.0306. The van der Waals surface area contributed by atoms with Gasteiger partial charge in [-0.1, -0.05) is 6.92 Å². The fourth-order valence-corrected chi connectivity index (χ4v) is 2.03. The number of nitrogens with zero attached hydrogens (tertiary/aromatic N) is 1. The molecule has 4 nitrogen and oxygen atoms in total. The van der Waals surface area contributed by atoms with Crippen LogP contribution in [-0.4, -0.2) is 41.5 Å². The van der Waals surface area contributed by atoms with Crippen molar-refractivity contribution < 1.29 is 22.8 Å². The van der Waals surface area contributed by atoms with E-state index in [4.69, 9.17) is 0 Å². The van der Waals surface area contributed by atoms with Gasteiger partial charge in [0.05, 0.1) is 0 Å². The molecule has 0 aromatic rings. The van der Waals surface area contributed by atoms with Crippen molar-refractivity contribution in [2.75, 3.05) is 13.1 Å². The van der Waals surface area contributed by atoms with Gasteiger partial charge in [0, 0.05) is 25.9 Å². The average molecular weight is 280 g/mol. The van der Waals surface area contributed by atoms with E-state index in [1.807, 2.05) is 0 Å². The van der Waals surface area contributed by atoms with Crippen LogP contribution in [0.3, 0.4) is 0 Å². The predicted octanol–water partition coefficient (Wildman–Crippen LogP) is 1.85. The van der Waals surface area contributed by atoms with Crippen molar-refractivity contribution in [2.45, 2.75) is 51.2 Å². The molecule has 7 heteroatoms. The number of amides is 2. The molecule has 110 valence electrons. The van der Waals surface area contributed by atoms with Crippen molar-refractivity contribution in [1.82, 2.24) is 10.2 Å². The summed E-state index contributed by atoms with van der Waals surface area (Å²) in [6.45, 7) is 3.58. The van der Waals surface area contributed by atoms with Gasteiger partial charge in [0.1, 0.15) is 5.54 Å². The number of hydrogen-bond donors (Lipinski definition) is 1. The van der Waals surface area contributed by atoms with Crippen molar-refractivity contribution >= 4 is 11.8 Å². The van der Waals surface area contributed by atoms with Gasteiger partial charge in [-0.15, -0.1) is 0 Å². The first-order chi connectivity index (χ1) is 8.68. The third-order valence-corrected chi connectivity index (χ3v) is 3.38. The second kappa shape index (κ2) is 5.79. The molecule has 19 heavy (non-hydrogen) atoms. The molecule has 1 fully saturated rings. The molecule has 1 saturated heterocycles. The Bertz CT molecular complexity index is 357. The molecule has 0 radical (unpaired) electrons. The maximum absolute atomic E-state index is 12.2. The number of halogens is 3. The van der Waals surface area contributed by atoms with Gasteiger partial charge in [0.25, 0.3) is 0 Å². The largest absolute Gasteiger partial charge is 0.389 e. The van der Waals surface area contributed by atoms with Crippen LogP contribution >= 0.6 is 0 Å². The van der Waals surface area contributed by atoms with Crippen LogP contribution in [-0.2, 0) is 9.59 Å². The van der Waals surface area contributed by atoms with Gasteiger partial charge in [0.15, 0.2) is 0 Å². The quantitative estimate of drug-likeness (QED) is 0.854. The van der Waals surface area contributed by atoms with Gasteiger partial charge in [-0.3, -0.25) is 9.59 Å². The normalized spacial score (nSPS) is 25.2. The summed E-state index contributed by atoms with van der Waals surface area (Å²) in [6, 6.07) is 0. The molecule has 0 bridgehead atoms. The van der Waals surface area contributed by atoms with Crippen LogP contribution in [0.1, 0.15) is 39.5 Å². The molecule has 1 aliphatic heterocycles. The predicted molar refractivity (Wildman–Crippen MR) is 63.3 cm³/mol. The van der Waals surface area contributed by atoms with Crippen LogP contribution in [0.2, 0.25) is 0 Å². The lowest BCUT2D eigenvalue weighted by molar-refractivity contribution is -0.143. The summed E-state index contributed by atoms with van der Waals surface area (Å²) in [5.74, 6) is -0.543. The summed E-state index contributed by atoms with van der Waals surface area (Å²) >= 11 is 0. The summed E-state index contributed by atoms with van der Waals surface area (Å²) in [7, 11) is 0. The van der Waals surface area contributed by atoms with E-state index in [9.17, 15) is 22.8 Å². The van der Waals surface area contributed by atoms with E-state index in [1.54, 1.807) is 13.8 Å². The fourth-order valence-electron chi connectivity index (χ4n) is 2.03. The van der Waals surface area contributed by atoms with Crippen LogP contribution < -0.4 is 5.32 Å². The summed E-state index contributed by atoms with van der Waals surface area (Å²) in [4.78, 5) is 25.1. The Balaban J connectivity index is 2.66. The lowest BCUT2D eigenvalue weighted by atomic mass is 9.97. The first-order valence-corrected chi connectivity index (χ1v) is 6.35. The molecule has 0 aromatic carbocycles. The average Bonchev–Trinajstić information content (AvgIpc) is 2.39. The molecule has 0 aromatic heterocycles. The Morgan fingerprint density at radius 3 is 2.53 bits per heavy atom. The number of hydrogen-bond acceptors (Lipinski definition) is 2. The smallest absolute Gasteiger partial charge is 0.342 e. The van der Waals surface area contributed by atoms with Crippen LogP contribution in [0.5, 0.6) is 0 Å². The summed E-state index contributed by atoms with van der Waals surface area (Å²) in [5, 5.41) is 2.64. The standard InChI is InChI=1S/C12H19F3N2O2/c1-3-11(2)10(19)17(8-5-9(18)16-11)7-4-6-12(13,14)15/h3-8H2,1-2H3,(H,16,18). The second-order valence-corrected chi connectivity index (χ2v) is 4.99. The van der Waals surface area contributed by atoms with Gasteiger partial charge >= 0.3 is 6.18 Å². The fraction of sp³-hybridized carbons (Fsp3) is 0.833. The number of carbonyl (C=O) groups is 2. The van der Waals surface area contributed by atoms with E-state index in [-0.39, 0.29) is 37.7 Å². The van der Waals surface area contributed by atoms with Gasteiger partial charge in [-0.05, 0) is 19.8 Å².